The molecule has 0 saturated heterocycles. The number of thiophene rings is 1. The summed E-state index contributed by atoms with van der Waals surface area (Å²) in [4.78, 5) is 65.8. The molecule has 3 N–H and O–H groups in total. The Kier molecular flexibility index (Phi) is 10.8. The summed E-state index contributed by atoms with van der Waals surface area (Å²) in [6, 6.07) is 6.49. The molecule has 10 nitrogen and oxygen atoms in total. The number of methoxy groups -OCH3 is 1. The Morgan fingerprint density at radius 1 is 1.00 bits per heavy atom. The fourth-order valence-corrected chi connectivity index (χ4v) is 7.64. The van der Waals surface area contributed by atoms with E-state index in [1.165, 1.54) is 37.1 Å². The van der Waals surface area contributed by atoms with E-state index in [9.17, 15) is 29.1 Å². The van der Waals surface area contributed by atoms with Crippen molar-refractivity contribution in [1.82, 2.24) is 4.90 Å². The van der Waals surface area contributed by atoms with Crippen LogP contribution < -0.4 is 10.6 Å². The summed E-state index contributed by atoms with van der Waals surface area (Å²) < 4.78 is 4.97. The Morgan fingerprint density at radius 2 is 1.66 bits per heavy atom. The third kappa shape index (κ3) is 6.95. The van der Waals surface area contributed by atoms with Crippen LogP contribution in [0.25, 0.3) is 0 Å². The highest BCUT2D eigenvalue weighted by atomic mass is 35.5. The predicted octanol–water partition coefficient (Wildman–Crippen LogP) is 7.12. The van der Waals surface area contributed by atoms with Gasteiger partial charge in [-0.2, -0.15) is 0 Å². The van der Waals surface area contributed by atoms with Crippen molar-refractivity contribution in [1.29, 1.82) is 0 Å². The predicted molar refractivity (Wildman–Crippen MR) is 172 cm³/mol. The Bertz CT molecular complexity index is 1710. The van der Waals surface area contributed by atoms with E-state index in [0.717, 1.165) is 10.4 Å². The van der Waals surface area contributed by atoms with Gasteiger partial charge >= 0.3 is 11.9 Å². The van der Waals surface area contributed by atoms with Gasteiger partial charge in [0, 0.05) is 28.9 Å². The van der Waals surface area contributed by atoms with Crippen LogP contribution in [0.4, 0.5) is 10.7 Å². The number of hydrogen-bond donors (Lipinski definition) is 3. The number of nitrogens with one attached hydrogen (secondary N) is 2. The van der Waals surface area contributed by atoms with E-state index in [0.29, 0.717) is 29.4 Å². The number of nitrogens with zero attached hydrogens (tertiary/aromatic N) is 1. The molecule has 0 aliphatic carbocycles. The number of carbonyl (C=O) groups is 5. The molecular weight excluding hydrogens is 696 g/mol. The van der Waals surface area contributed by atoms with Crippen LogP contribution in [0.2, 0.25) is 20.1 Å². The quantitative estimate of drug-likeness (QED) is 0.0968. The Labute approximate surface area is 279 Å². The standard InChI is InChI=1S/C28H23Cl4N3O7S2/c1-11(24(37)34-26-17(28(41)42-3)15-7-8-35(12(2)36)10-16(15)44-26)43-14-6-4-5-13(9-14)33-25(38)18-19(27(39)40)21(30)23(32)22(31)20(18)29/h4-6,9,11H,7-8,10H2,1-3H3,(H,33,38)(H,34,37)(H,39,40). The van der Waals surface area contributed by atoms with E-state index >= 15 is 0 Å². The average molecular weight is 719 g/mol. The number of amides is 3. The van der Waals surface area contributed by atoms with E-state index in [-0.39, 0.29) is 38.1 Å². The van der Waals surface area contributed by atoms with Crippen LogP contribution in [0.15, 0.2) is 29.2 Å². The summed E-state index contributed by atoms with van der Waals surface area (Å²) in [7, 11) is 1.26. The molecule has 16 heteroatoms. The molecular formula is C28H23Cl4N3O7S2. The molecule has 0 fully saturated rings. The highest BCUT2D eigenvalue weighted by molar-refractivity contribution is 8.00. The molecule has 44 heavy (non-hydrogen) atoms. The largest absolute Gasteiger partial charge is 0.478 e. The van der Waals surface area contributed by atoms with Crippen LogP contribution in [0, 0.1) is 0 Å². The van der Waals surface area contributed by atoms with Gasteiger partial charge in [-0.25, -0.2) is 9.59 Å². The van der Waals surface area contributed by atoms with Crippen LogP contribution in [0.1, 0.15) is 55.4 Å². The van der Waals surface area contributed by atoms with Crippen molar-refractivity contribution in [2.75, 3.05) is 24.3 Å². The third-order valence-electron chi connectivity index (χ3n) is 6.61. The highest BCUT2D eigenvalue weighted by Crippen LogP contribution is 2.42. The number of aromatic carboxylic acids is 1. The maximum Gasteiger partial charge on any atom is 0.341 e. The van der Waals surface area contributed by atoms with Crippen molar-refractivity contribution in [2.45, 2.75) is 37.0 Å². The average Bonchev–Trinajstić information content (AvgIpc) is 3.34. The number of rotatable bonds is 8. The van der Waals surface area contributed by atoms with Gasteiger partial charge in [0.15, 0.2) is 0 Å². The van der Waals surface area contributed by atoms with Gasteiger partial charge in [-0.1, -0.05) is 52.5 Å². The van der Waals surface area contributed by atoms with Crippen LogP contribution in [0.3, 0.4) is 0 Å². The Hall–Kier alpha value is -3.00. The maximum atomic E-state index is 13.2. The number of benzene rings is 2. The van der Waals surface area contributed by atoms with E-state index in [4.69, 9.17) is 51.1 Å². The number of carboxylic acid groups (broad SMARTS) is 1. The first-order chi connectivity index (χ1) is 20.7. The molecule has 3 amide bonds. The number of esters is 1. The highest BCUT2D eigenvalue weighted by Gasteiger charge is 2.31. The molecule has 1 aliphatic rings. The number of carbonyl (C=O) groups excluding carboxylic acids is 4. The number of ether oxygens (including phenoxy) is 1. The second-order valence-electron chi connectivity index (χ2n) is 9.43. The summed E-state index contributed by atoms with van der Waals surface area (Å²) in [5.41, 5.74) is 0.252. The summed E-state index contributed by atoms with van der Waals surface area (Å²) in [5.74, 6) is -3.46. The number of thioether (sulfide) groups is 1. The molecule has 1 unspecified atom stereocenters. The minimum absolute atomic E-state index is 0.0797. The number of halogens is 4. The molecule has 1 atom stereocenters. The fraction of sp³-hybridized carbons (Fsp3) is 0.250. The van der Waals surface area contributed by atoms with Crippen LogP contribution in [0.5, 0.6) is 0 Å². The minimum atomic E-state index is -1.53. The van der Waals surface area contributed by atoms with Gasteiger partial charge in [0.2, 0.25) is 11.8 Å². The zero-order valence-corrected chi connectivity index (χ0v) is 27.8. The van der Waals surface area contributed by atoms with Gasteiger partial charge in [0.1, 0.15) is 5.00 Å². The molecule has 2 heterocycles. The molecule has 3 aromatic rings. The molecule has 1 aromatic heterocycles. The van der Waals surface area contributed by atoms with Gasteiger partial charge in [-0.3, -0.25) is 14.4 Å². The van der Waals surface area contributed by atoms with Crippen molar-refractivity contribution in [3.05, 3.63) is 71.5 Å². The van der Waals surface area contributed by atoms with Crippen molar-refractivity contribution in [3.63, 3.8) is 0 Å². The lowest BCUT2D eigenvalue weighted by Gasteiger charge is -2.25. The molecule has 0 spiro atoms. The topological polar surface area (TPSA) is 142 Å². The first-order valence-electron chi connectivity index (χ1n) is 12.7. The van der Waals surface area contributed by atoms with Crippen LogP contribution >= 0.6 is 69.5 Å². The molecule has 4 rings (SSSR count). The van der Waals surface area contributed by atoms with Gasteiger partial charge in [-0.05, 0) is 37.1 Å². The Morgan fingerprint density at radius 3 is 2.27 bits per heavy atom. The molecule has 2 aromatic carbocycles. The Balaban J connectivity index is 1.52. The summed E-state index contributed by atoms with van der Waals surface area (Å²) in [6.07, 6.45) is 0.460. The normalized spacial score (nSPS) is 13.1. The SMILES string of the molecule is COC(=O)c1c(NC(=O)C(C)Sc2cccc(NC(=O)c3c(Cl)c(Cl)c(Cl)c(Cl)c3C(=O)O)c2)sc2c1CCN(C(C)=O)C2. The van der Waals surface area contributed by atoms with Crippen molar-refractivity contribution >= 4 is 110 Å². The molecule has 0 radical (unpaired) electrons. The summed E-state index contributed by atoms with van der Waals surface area (Å²) in [5, 5.41) is 13.4. The monoisotopic (exact) mass is 717 g/mol. The first kappa shape index (κ1) is 33.9. The summed E-state index contributed by atoms with van der Waals surface area (Å²) in [6.45, 7) is 3.95. The molecule has 0 saturated carbocycles. The van der Waals surface area contributed by atoms with Crippen molar-refractivity contribution < 1.29 is 33.8 Å². The zero-order valence-electron chi connectivity index (χ0n) is 23.2. The molecule has 232 valence electrons. The number of anilines is 2. The number of fused-ring (bicyclic) bond motifs is 1. The second kappa shape index (κ2) is 14.0. The van der Waals surface area contributed by atoms with E-state index in [1.54, 1.807) is 36.1 Å². The van der Waals surface area contributed by atoms with Gasteiger partial charge < -0.3 is 25.4 Å². The van der Waals surface area contributed by atoms with E-state index in [2.05, 4.69) is 10.6 Å². The molecule has 0 bridgehead atoms. The smallest absolute Gasteiger partial charge is 0.341 e. The van der Waals surface area contributed by atoms with Gasteiger partial charge in [0.25, 0.3) is 5.91 Å². The van der Waals surface area contributed by atoms with Crippen molar-refractivity contribution in [3.8, 4) is 0 Å². The van der Waals surface area contributed by atoms with Gasteiger partial charge in [-0.15, -0.1) is 23.1 Å². The lowest BCUT2D eigenvalue weighted by Crippen LogP contribution is -2.33. The minimum Gasteiger partial charge on any atom is -0.478 e. The maximum absolute atomic E-state index is 13.2. The van der Waals surface area contributed by atoms with Crippen LogP contribution in [-0.2, 0) is 27.3 Å². The molecule has 1 aliphatic heterocycles. The summed E-state index contributed by atoms with van der Waals surface area (Å²) >= 11 is 26.7. The lowest BCUT2D eigenvalue weighted by atomic mass is 10.0. The number of carboxylic acids is 1. The second-order valence-corrected chi connectivity index (χ2v) is 13.5. The van der Waals surface area contributed by atoms with Crippen LogP contribution in [-0.4, -0.2) is 58.6 Å². The lowest BCUT2D eigenvalue weighted by molar-refractivity contribution is -0.129. The van der Waals surface area contributed by atoms with E-state index in [1.807, 2.05) is 0 Å². The zero-order chi connectivity index (χ0) is 32.5. The fourth-order valence-electron chi connectivity index (χ4n) is 4.44. The van der Waals surface area contributed by atoms with Crippen molar-refractivity contribution in [2.24, 2.45) is 0 Å². The third-order valence-corrected chi connectivity index (χ3v) is 10.6. The van der Waals surface area contributed by atoms with Gasteiger partial charge in [0.05, 0.1) is 55.7 Å². The first-order valence-corrected chi connectivity index (χ1v) is 15.9. The van der Waals surface area contributed by atoms with E-state index < -0.39 is 39.2 Å². The number of hydrogen-bond acceptors (Lipinski definition) is 8.